The number of hydrogen-bond donors (Lipinski definition) is 0. The van der Waals surface area contributed by atoms with Gasteiger partial charge in [-0.05, 0) is 61.4 Å². The van der Waals surface area contributed by atoms with Crippen LogP contribution in [0.3, 0.4) is 0 Å². The zero-order valence-corrected chi connectivity index (χ0v) is 16.1. The maximum Gasteiger partial charge on any atom is 0.260 e. The Balaban J connectivity index is 1.55. The van der Waals surface area contributed by atoms with Crippen LogP contribution in [-0.2, 0) is 4.79 Å². The van der Waals surface area contributed by atoms with Gasteiger partial charge in [0.2, 0.25) is 0 Å². The largest absolute Gasteiger partial charge is 0.483 e. The molecule has 1 aliphatic rings. The second-order valence-electron chi connectivity index (χ2n) is 6.58. The van der Waals surface area contributed by atoms with E-state index in [4.69, 9.17) is 21.6 Å². The average Bonchev–Trinajstić information content (AvgIpc) is 2.93. The van der Waals surface area contributed by atoms with Crippen LogP contribution in [0.4, 0.5) is 5.69 Å². The van der Waals surface area contributed by atoms with Gasteiger partial charge in [-0.25, -0.2) is 0 Å². The van der Waals surface area contributed by atoms with E-state index in [1.54, 1.807) is 12.1 Å². The van der Waals surface area contributed by atoms with Crippen molar-refractivity contribution in [2.24, 2.45) is 0 Å². The zero-order chi connectivity index (χ0) is 19.2. The fraction of sp³-hybridized carbons (Fsp3) is 0.333. The van der Waals surface area contributed by atoms with Gasteiger partial charge < -0.3 is 14.5 Å². The third kappa shape index (κ3) is 4.93. The fourth-order valence-electron chi connectivity index (χ4n) is 3.18. The molecule has 0 aliphatic carbocycles. The minimum atomic E-state index is -0.00831. The Morgan fingerprint density at radius 2 is 1.93 bits per heavy atom. The van der Waals surface area contributed by atoms with Crippen molar-refractivity contribution in [2.45, 2.75) is 13.3 Å². The van der Waals surface area contributed by atoms with Crippen molar-refractivity contribution in [1.29, 1.82) is 5.26 Å². The summed E-state index contributed by atoms with van der Waals surface area (Å²) in [5, 5.41) is 9.57. The number of carbonyl (C=O) groups excluding carboxylic acids is 1. The van der Waals surface area contributed by atoms with Crippen LogP contribution < -0.4 is 9.64 Å². The quantitative estimate of drug-likeness (QED) is 0.808. The predicted octanol–water partition coefficient (Wildman–Crippen LogP) is 3.64. The molecular weight excluding hydrogens is 362 g/mol. The molecule has 6 heteroatoms. The van der Waals surface area contributed by atoms with Crippen LogP contribution in [0.5, 0.6) is 5.75 Å². The molecule has 0 bridgehead atoms. The maximum absolute atomic E-state index is 12.5. The lowest BCUT2D eigenvalue weighted by Gasteiger charge is -2.24. The maximum atomic E-state index is 12.5. The van der Waals surface area contributed by atoms with Gasteiger partial charge in [-0.3, -0.25) is 4.79 Å². The molecule has 0 spiro atoms. The van der Waals surface area contributed by atoms with E-state index in [1.165, 1.54) is 0 Å². The molecule has 27 heavy (non-hydrogen) atoms. The smallest absolute Gasteiger partial charge is 0.260 e. The van der Waals surface area contributed by atoms with E-state index in [2.05, 4.69) is 11.0 Å². The number of benzene rings is 2. The normalized spacial score (nSPS) is 14.4. The number of halogens is 1. The standard InChI is InChI=1S/C21H22ClN3O2/c1-16-13-18(22)5-8-20(16)27-15-21(26)25-10-2-9-24(11-12-25)19-6-3-17(14-23)4-7-19/h3-8,13H,2,9-12,15H2,1H3. The van der Waals surface area contributed by atoms with E-state index < -0.39 is 0 Å². The summed E-state index contributed by atoms with van der Waals surface area (Å²) in [6.07, 6.45) is 0.895. The van der Waals surface area contributed by atoms with Crippen LogP contribution in [0.2, 0.25) is 5.02 Å². The van der Waals surface area contributed by atoms with Gasteiger partial charge in [0.1, 0.15) is 5.75 Å². The molecule has 5 nitrogen and oxygen atoms in total. The van der Waals surface area contributed by atoms with E-state index in [1.807, 2.05) is 42.2 Å². The lowest BCUT2D eigenvalue weighted by atomic mass is 10.2. The number of rotatable bonds is 4. The number of aryl methyl sites for hydroxylation is 1. The molecule has 2 aromatic rings. The molecule has 140 valence electrons. The molecule has 1 aliphatic heterocycles. The molecule has 2 aromatic carbocycles. The van der Waals surface area contributed by atoms with Gasteiger partial charge in [-0.2, -0.15) is 5.26 Å². The summed E-state index contributed by atoms with van der Waals surface area (Å²) >= 11 is 5.95. The number of amides is 1. The van der Waals surface area contributed by atoms with Crippen LogP contribution in [0, 0.1) is 18.3 Å². The van der Waals surface area contributed by atoms with Gasteiger partial charge in [0.15, 0.2) is 6.61 Å². The predicted molar refractivity (Wildman–Crippen MR) is 106 cm³/mol. The van der Waals surface area contributed by atoms with E-state index in [-0.39, 0.29) is 12.5 Å². The number of ether oxygens (including phenoxy) is 1. The third-order valence-corrected chi connectivity index (χ3v) is 4.93. The highest BCUT2D eigenvalue weighted by Gasteiger charge is 2.20. The number of carbonyl (C=O) groups is 1. The van der Waals surface area contributed by atoms with Crippen LogP contribution >= 0.6 is 11.6 Å². The summed E-state index contributed by atoms with van der Waals surface area (Å²) < 4.78 is 5.69. The van der Waals surface area contributed by atoms with Crippen LogP contribution in [0.15, 0.2) is 42.5 Å². The van der Waals surface area contributed by atoms with Gasteiger partial charge in [-0.15, -0.1) is 0 Å². The molecule has 0 N–H and O–H groups in total. The Labute approximate surface area is 164 Å². The highest BCUT2D eigenvalue weighted by molar-refractivity contribution is 6.30. The Hall–Kier alpha value is -2.71. The first-order valence-electron chi connectivity index (χ1n) is 8.98. The molecule has 0 atom stereocenters. The molecule has 0 unspecified atom stereocenters. The van der Waals surface area contributed by atoms with Gasteiger partial charge in [0.05, 0.1) is 11.6 Å². The summed E-state index contributed by atoms with van der Waals surface area (Å²) in [5.74, 6) is 0.674. The Kier molecular flexibility index (Phi) is 6.20. The molecular formula is C21H22ClN3O2. The average molecular weight is 384 g/mol. The third-order valence-electron chi connectivity index (χ3n) is 4.70. The Bertz CT molecular complexity index is 845. The van der Waals surface area contributed by atoms with Crippen molar-refractivity contribution in [3.05, 3.63) is 58.6 Å². The molecule has 0 aromatic heterocycles. The van der Waals surface area contributed by atoms with E-state index in [0.717, 1.165) is 30.8 Å². The molecule has 0 saturated carbocycles. The SMILES string of the molecule is Cc1cc(Cl)ccc1OCC(=O)N1CCCN(c2ccc(C#N)cc2)CC1. The van der Waals surface area contributed by atoms with Crippen molar-refractivity contribution in [3.63, 3.8) is 0 Å². The lowest BCUT2D eigenvalue weighted by Crippen LogP contribution is -2.38. The van der Waals surface area contributed by atoms with Crippen molar-refractivity contribution in [3.8, 4) is 11.8 Å². The minimum absolute atomic E-state index is 0.00831. The molecule has 3 rings (SSSR count). The van der Waals surface area contributed by atoms with Gasteiger partial charge >= 0.3 is 0 Å². The summed E-state index contributed by atoms with van der Waals surface area (Å²) in [7, 11) is 0. The first kappa shape index (κ1) is 19.1. The molecule has 1 fully saturated rings. The second kappa shape index (κ2) is 8.79. The summed E-state index contributed by atoms with van der Waals surface area (Å²) in [6.45, 7) is 4.95. The molecule has 0 radical (unpaired) electrons. The lowest BCUT2D eigenvalue weighted by molar-refractivity contribution is -0.133. The highest BCUT2D eigenvalue weighted by Crippen LogP contribution is 2.22. The first-order valence-corrected chi connectivity index (χ1v) is 9.36. The van der Waals surface area contributed by atoms with Crippen molar-refractivity contribution in [2.75, 3.05) is 37.7 Å². The van der Waals surface area contributed by atoms with Crippen LogP contribution in [-0.4, -0.2) is 43.6 Å². The van der Waals surface area contributed by atoms with E-state index in [0.29, 0.717) is 29.4 Å². The van der Waals surface area contributed by atoms with Gasteiger partial charge in [0.25, 0.3) is 5.91 Å². The number of hydrogen-bond acceptors (Lipinski definition) is 4. The molecule has 1 amide bonds. The van der Waals surface area contributed by atoms with Gasteiger partial charge in [-0.1, -0.05) is 11.6 Å². The first-order chi connectivity index (χ1) is 13.1. The van der Waals surface area contributed by atoms with E-state index in [9.17, 15) is 4.79 Å². The number of anilines is 1. The fourth-order valence-corrected chi connectivity index (χ4v) is 3.40. The van der Waals surface area contributed by atoms with Crippen LogP contribution in [0.25, 0.3) is 0 Å². The highest BCUT2D eigenvalue weighted by atomic mass is 35.5. The number of nitrogens with zero attached hydrogens (tertiary/aromatic N) is 3. The Morgan fingerprint density at radius 1 is 1.15 bits per heavy atom. The molecule has 1 saturated heterocycles. The van der Waals surface area contributed by atoms with Crippen molar-refractivity contribution in [1.82, 2.24) is 4.90 Å². The molecule has 1 heterocycles. The minimum Gasteiger partial charge on any atom is -0.483 e. The second-order valence-corrected chi connectivity index (χ2v) is 7.01. The summed E-state index contributed by atoms with van der Waals surface area (Å²) in [5.41, 5.74) is 2.65. The van der Waals surface area contributed by atoms with Gasteiger partial charge in [0, 0.05) is 36.9 Å². The van der Waals surface area contributed by atoms with Crippen LogP contribution in [0.1, 0.15) is 17.5 Å². The zero-order valence-electron chi connectivity index (χ0n) is 15.3. The van der Waals surface area contributed by atoms with Crippen molar-refractivity contribution >= 4 is 23.2 Å². The van der Waals surface area contributed by atoms with Crippen molar-refractivity contribution < 1.29 is 9.53 Å². The topological polar surface area (TPSA) is 56.6 Å². The summed E-state index contributed by atoms with van der Waals surface area (Å²) in [4.78, 5) is 16.7. The monoisotopic (exact) mass is 383 g/mol. The van der Waals surface area contributed by atoms with E-state index >= 15 is 0 Å². The Morgan fingerprint density at radius 3 is 2.63 bits per heavy atom. The number of nitriles is 1. The summed E-state index contributed by atoms with van der Waals surface area (Å²) in [6, 6.07) is 15.1.